The normalized spacial score (nSPS) is 22.7. The smallest absolute Gasteiger partial charge is 0.0884 e. The molecule has 98 valence electrons. The van der Waals surface area contributed by atoms with Gasteiger partial charge in [0.25, 0.3) is 0 Å². The predicted molar refractivity (Wildman–Crippen MR) is 78.2 cm³/mol. The van der Waals surface area contributed by atoms with Crippen molar-refractivity contribution in [2.24, 2.45) is 0 Å². The van der Waals surface area contributed by atoms with Gasteiger partial charge in [-0.3, -0.25) is 0 Å². The minimum atomic E-state index is -0.261. The van der Waals surface area contributed by atoms with E-state index in [-0.39, 0.29) is 12.1 Å². The molecule has 1 heterocycles. The van der Waals surface area contributed by atoms with E-state index in [1.54, 1.807) is 0 Å². The van der Waals surface area contributed by atoms with Crippen LogP contribution in [0, 0.1) is 0 Å². The van der Waals surface area contributed by atoms with Crippen LogP contribution in [0.15, 0.2) is 60.7 Å². The van der Waals surface area contributed by atoms with Crippen LogP contribution in [0.4, 0.5) is 5.69 Å². The molecule has 0 radical (unpaired) electrons. The van der Waals surface area contributed by atoms with E-state index in [4.69, 9.17) is 0 Å². The highest BCUT2D eigenvalue weighted by molar-refractivity contribution is 5.53. The number of hydrogen-bond acceptors (Lipinski definition) is 2. The Morgan fingerprint density at radius 2 is 1.58 bits per heavy atom. The number of rotatable bonds is 3. The average Bonchev–Trinajstić information content (AvgIpc) is 2.94. The van der Waals surface area contributed by atoms with Crippen molar-refractivity contribution < 1.29 is 5.11 Å². The van der Waals surface area contributed by atoms with Crippen molar-refractivity contribution in [3.63, 3.8) is 0 Å². The Balaban J connectivity index is 2.05. The third-order valence-corrected chi connectivity index (χ3v) is 4.13. The van der Waals surface area contributed by atoms with Crippen LogP contribution in [-0.4, -0.2) is 18.3 Å². The zero-order chi connectivity index (χ0) is 13.1. The highest BCUT2D eigenvalue weighted by Crippen LogP contribution is 2.41. The van der Waals surface area contributed by atoms with Gasteiger partial charge in [0.1, 0.15) is 0 Å². The van der Waals surface area contributed by atoms with Gasteiger partial charge in [-0.15, -0.1) is 0 Å². The molecule has 2 aromatic carbocycles. The van der Waals surface area contributed by atoms with Gasteiger partial charge in [0, 0.05) is 12.2 Å². The van der Waals surface area contributed by atoms with E-state index in [0.29, 0.717) is 0 Å². The summed E-state index contributed by atoms with van der Waals surface area (Å²) >= 11 is 0. The summed E-state index contributed by atoms with van der Waals surface area (Å²) in [5.74, 6) is 0. The number of benzene rings is 2. The second kappa shape index (κ2) is 5.06. The standard InChI is InChI=1S/C17H19NO/c19-14-17(15-8-3-1-4-9-15)12-7-13-18(17)16-10-5-2-6-11-16/h1-6,8-11,19H,7,12-14H2/t17-/m0/s1. The Bertz CT molecular complexity index is 525. The molecule has 0 spiro atoms. The van der Waals surface area contributed by atoms with E-state index in [1.165, 1.54) is 11.3 Å². The molecule has 1 aliphatic rings. The fraction of sp³-hybridized carbons (Fsp3) is 0.294. The maximum atomic E-state index is 10.1. The first-order chi connectivity index (χ1) is 9.37. The maximum Gasteiger partial charge on any atom is 0.0884 e. The first-order valence-electron chi connectivity index (χ1n) is 6.86. The third-order valence-electron chi connectivity index (χ3n) is 4.13. The monoisotopic (exact) mass is 253 g/mol. The molecule has 1 atom stereocenters. The van der Waals surface area contributed by atoms with Crippen LogP contribution in [0.2, 0.25) is 0 Å². The number of para-hydroxylation sites is 1. The van der Waals surface area contributed by atoms with Crippen LogP contribution in [-0.2, 0) is 5.54 Å². The Morgan fingerprint density at radius 1 is 0.947 bits per heavy atom. The van der Waals surface area contributed by atoms with Crippen molar-refractivity contribution in [1.82, 2.24) is 0 Å². The second-order valence-corrected chi connectivity index (χ2v) is 5.15. The van der Waals surface area contributed by atoms with Crippen LogP contribution >= 0.6 is 0 Å². The molecule has 2 aromatic rings. The molecular formula is C17H19NO. The number of aliphatic hydroxyl groups excluding tert-OH is 1. The fourth-order valence-electron chi connectivity index (χ4n) is 3.17. The van der Waals surface area contributed by atoms with E-state index in [1.807, 2.05) is 24.3 Å². The Morgan fingerprint density at radius 3 is 2.21 bits per heavy atom. The van der Waals surface area contributed by atoms with Crippen molar-refractivity contribution in [3.05, 3.63) is 66.2 Å². The first kappa shape index (κ1) is 12.2. The summed E-state index contributed by atoms with van der Waals surface area (Å²) in [5.41, 5.74) is 2.14. The molecule has 0 aliphatic carbocycles. The molecule has 0 bridgehead atoms. The molecule has 0 aromatic heterocycles. The van der Waals surface area contributed by atoms with Gasteiger partial charge in [0.15, 0.2) is 0 Å². The minimum absolute atomic E-state index is 0.159. The molecule has 1 N–H and O–H groups in total. The Labute approximate surface area is 114 Å². The molecule has 2 nitrogen and oxygen atoms in total. The van der Waals surface area contributed by atoms with E-state index in [2.05, 4.69) is 41.3 Å². The zero-order valence-corrected chi connectivity index (χ0v) is 11.0. The van der Waals surface area contributed by atoms with Crippen LogP contribution in [0.1, 0.15) is 18.4 Å². The van der Waals surface area contributed by atoms with Crippen molar-refractivity contribution in [2.75, 3.05) is 18.1 Å². The lowest BCUT2D eigenvalue weighted by Crippen LogP contribution is -2.44. The van der Waals surface area contributed by atoms with E-state index < -0.39 is 0 Å². The van der Waals surface area contributed by atoms with E-state index in [9.17, 15) is 5.11 Å². The lowest BCUT2D eigenvalue weighted by Gasteiger charge is -2.39. The molecule has 0 unspecified atom stereocenters. The quantitative estimate of drug-likeness (QED) is 0.908. The zero-order valence-electron chi connectivity index (χ0n) is 11.0. The lowest BCUT2D eigenvalue weighted by molar-refractivity contribution is 0.198. The summed E-state index contributed by atoms with van der Waals surface area (Å²) in [6, 6.07) is 20.8. The number of hydrogen-bond donors (Lipinski definition) is 1. The third kappa shape index (κ3) is 2.02. The molecule has 2 heteroatoms. The van der Waals surface area contributed by atoms with Gasteiger partial charge in [-0.1, -0.05) is 48.5 Å². The second-order valence-electron chi connectivity index (χ2n) is 5.15. The number of nitrogens with zero attached hydrogens (tertiary/aromatic N) is 1. The highest BCUT2D eigenvalue weighted by Gasteiger charge is 2.41. The SMILES string of the molecule is OC[C@]1(c2ccccc2)CCCN1c1ccccc1. The summed E-state index contributed by atoms with van der Waals surface area (Å²) in [4.78, 5) is 2.35. The van der Waals surface area contributed by atoms with Crippen LogP contribution in [0.5, 0.6) is 0 Å². The van der Waals surface area contributed by atoms with Gasteiger partial charge < -0.3 is 10.0 Å². The van der Waals surface area contributed by atoms with Crippen molar-refractivity contribution in [2.45, 2.75) is 18.4 Å². The Kier molecular flexibility index (Phi) is 3.26. The van der Waals surface area contributed by atoms with Crippen LogP contribution < -0.4 is 4.90 Å². The maximum absolute atomic E-state index is 10.1. The number of aliphatic hydroxyl groups is 1. The summed E-state index contributed by atoms with van der Waals surface area (Å²) in [6.07, 6.45) is 2.12. The van der Waals surface area contributed by atoms with Gasteiger partial charge in [-0.05, 0) is 30.5 Å². The molecule has 19 heavy (non-hydrogen) atoms. The molecule has 1 saturated heterocycles. The summed E-state index contributed by atoms with van der Waals surface area (Å²) in [6.45, 7) is 1.16. The summed E-state index contributed by atoms with van der Waals surface area (Å²) < 4.78 is 0. The molecular weight excluding hydrogens is 234 g/mol. The Hall–Kier alpha value is -1.80. The van der Waals surface area contributed by atoms with Crippen molar-refractivity contribution >= 4 is 5.69 Å². The number of anilines is 1. The van der Waals surface area contributed by atoms with Gasteiger partial charge in [0.05, 0.1) is 12.1 Å². The average molecular weight is 253 g/mol. The van der Waals surface area contributed by atoms with Crippen LogP contribution in [0.25, 0.3) is 0 Å². The molecule has 1 aliphatic heterocycles. The van der Waals surface area contributed by atoms with E-state index in [0.717, 1.165) is 19.4 Å². The molecule has 0 amide bonds. The van der Waals surface area contributed by atoms with Crippen molar-refractivity contribution in [1.29, 1.82) is 0 Å². The lowest BCUT2D eigenvalue weighted by atomic mass is 9.87. The predicted octanol–water partition coefficient (Wildman–Crippen LogP) is 3.17. The highest BCUT2D eigenvalue weighted by atomic mass is 16.3. The summed E-state index contributed by atoms with van der Waals surface area (Å²) in [7, 11) is 0. The molecule has 3 rings (SSSR count). The topological polar surface area (TPSA) is 23.5 Å². The minimum Gasteiger partial charge on any atom is -0.394 e. The van der Waals surface area contributed by atoms with Gasteiger partial charge in [-0.25, -0.2) is 0 Å². The molecule has 1 fully saturated rings. The van der Waals surface area contributed by atoms with Gasteiger partial charge in [0.2, 0.25) is 0 Å². The van der Waals surface area contributed by atoms with E-state index >= 15 is 0 Å². The summed E-state index contributed by atoms with van der Waals surface area (Å²) in [5, 5.41) is 10.1. The first-order valence-corrected chi connectivity index (χ1v) is 6.86. The van der Waals surface area contributed by atoms with Gasteiger partial charge in [-0.2, -0.15) is 0 Å². The molecule has 0 saturated carbocycles. The largest absolute Gasteiger partial charge is 0.394 e. The van der Waals surface area contributed by atoms with Gasteiger partial charge >= 0.3 is 0 Å². The van der Waals surface area contributed by atoms with Crippen molar-refractivity contribution in [3.8, 4) is 0 Å². The fourth-order valence-corrected chi connectivity index (χ4v) is 3.17. The van der Waals surface area contributed by atoms with Crippen LogP contribution in [0.3, 0.4) is 0 Å².